The molecule has 0 unspecified atom stereocenters. The molecule has 0 N–H and O–H groups in total. The van der Waals surface area contributed by atoms with Crippen LogP contribution in [0.15, 0.2) is 42.5 Å². The van der Waals surface area contributed by atoms with Crippen molar-refractivity contribution in [3.05, 3.63) is 57.6 Å². The monoisotopic (exact) mass is 433 g/mol. The summed E-state index contributed by atoms with van der Waals surface area (Å²) in [5, 5.41) is 12.1. The zero-order valence-corrected chi connectivity index (χ0v) is 17.9. The second kappa shape index (κ2) is 8.79. The maximum absolute atomic E-state index is 13.0. The summed E-state index contributed by atoms with van der Waals surface area (Å²) in [6, 6.07) is 11.6. The Labute approximate surface area is 180 Å². The number of halogens is 1. The van der Waals surface area contributed by atoms with Crippen LogP contribution in [-0.4, -0.2) is 54.6 Å². The molecule has 9 heteroatoms. The van der Waals surface area contributed by atoms with Crippen LogP contribution in [0.2, 0.25) is 5.02 Å². The smallest absolute Gasteiger partial charge is 0.296 e. The van der Waals surface area contributed by atoms with Crippen LogP contribution < -0.4 is 14.4 Å². The first-order valence-corrected chi connectivity index (χ1v) is 9.90. The van der Waals surface area contributed by atoms with Gasteiger partial charge < -0.3 is 19.3 Å². The highest BCUT2D eigenvalue weighted by atomic mass is 35.5. The van der Waals surface area contributed by atoms with Crippen LogP contribution in [0.3, 0.4) is 0 Å². The van der Waals surface area contributed by atoms with Crippen molar-refractivity contribution in [3.8, 4) is 11.5 Å². The van der Waals surface area contributed by atoms with E-state index in [0.29, 0.717) is 48.4 Å². The molecule has 1 aliphatic heterocycles. The van der Waals surface area contributed by atoms with Crippen molar-refractivity contribution < 1.29 is 19.2 Å². The Bertz CT molecular complexity index is 925. The average molecular weight is 434 g/mol. The van der Waals surface area contributed by atoms with Crippen LogP contribution >= 0.6 is 11.6 Å². The van der Waals surface area contributed by atoms with Gasteiger partial charge in [0.05, 0.1) is 18.1 Å². The van der Waals surface area contributed by atoms with Crippen molar-refractivity contribution >= 4 is 28.9 Å². The zero-order valence-electron chi connectivity index (χ0n) is 17.1. The van der Waals surface area contributed by atoms with E-state index in [4.69, 9.17) is 21.1 Å². The molecule has 1 amide bonds. The molecule has 0 spiro atoms. The highest BCUT2D eigenvalue weighted by molar-refractivity contribution is 6.30. The molecular formula is C21H24ClN3O5. The first-order valence-electron chi connectivity index (χ1n) is 9.52. The van der Waals surface area contributed by atoms with Gasteiger partial charge in [-0.1, -0.05) is 11.6 Å². The first kappa shape index (κ1) is 21.7. The molecule has 0 atom stereocenters. The highest BCUT2D eigenvalue weighted by Crippen LogP contribution is 2.33. The lowest BCUT2D eigenvalue weighted by Gasteiger charge is -2.39. The lowest BCUT2D eigenvalue weighted by Crippen LogP contribution is -2.55. The van der Waals surface area contributed by atoms with E-state index in [0.717, 1.165) is 0 Å². The fourth-order valence-electron chi connectivity index (χ4n) is 3.42. The molecular weight excluding hydrogens is 410 g/mol. The van der Waals surface area contributed by atoms with Gasteiger partial charge in [-0.3, -0.25) is 14.9 Å². The summed E-state index contributed by atoms with van der Waals surface area (Å²) in [5.74, 6) is 0.854. The summed E-state index contributed by atoms with van der Waals surface area (Å²) in [5.41, 5.74) is -0.549. The van der Waals surface area contributed by atoms with Crippen molar-refractivity contribution in [2.75, 3.05) is 38.2 Å². The van der Waals surface area contributed by atoms with Crippen LogP contribution in [-0.2, 0) is 4.79 Å². The molecule has 1 aliphatic rings. The molecule has 0 bridgehead atoms. The van der Waals surface area contributed by atoms with E-state index in [-0.39, 0.29) is 11.6 Å². The molecule has 0 saturated carbocycles. The van der Waals surface area contributed by atoms with Crippen molar-refractivity contribution in [2.45, 2.75) is 19.4 Å². The van der Waals surface area contributed by atoms with Gasteiger partial charge in [-0.25, -0.2) is 0 Å². The Hall–Kier alpha value is -3.00. The topological polar surface area (TPSA) is 85.2 Å². The minimum atomic E-state index is -1.05. The normalized spacial score (nSPS) is 14.4. The molecule has 30 heavy (non-hydrogen) atoms. The van der Waals surface area contributed by atoms with Gasteiger partial charge in [0.2, 0.25) is 0 Å². The number of amides is 1. The molecule has 1 heterocycles. The van der Waals surface area contributed by atoms with Gasteiger partial charge in [-0.2, -0.15) is 0 Å². The summed E-state index contributed by atoms with van der Waals surface area (Å²) in [6.07, 6.45) is 0. The van der Waals surface area contributed by atoms with Crippen LogP contribution in [0.25, 0.3) is 0 Å². The third-order valence-electron chi connectivity index (χ3n) is 4.99. The summed E-state index contributed by atoms with van der Waals surface area (Å²) >= 11 is 5.89. The number of piperazine rings is 1. The van der Waals surface area contributed by atoms with Crippen LogP contribution in [0, 0.1) is 10.1 Å². The second-order valence-corrected chi connectivity index (χ2v) is 7.89. The maximum Gasteiger partial charge on any atom is 0.296 e. The van der Waals surface area contributed by atoms with E-state index in [9.17, 15) is 14.9 Å². The number of nitro groups is 1. The number of rotatable bonds is 6. The predicted octanol–water partition coefficient (Wildman–Crippen LogP) is 3.76. The predicted molar refractivity (Wildman–Crippen MR) is 115 cm³/mol. The SMILES string of the molecule is COc1ccc(N2CCN(C(=O)C(C)(C)Oc3ccc(Cl)cc3)CC2)c([N+](=O)[O-])c1. The summed E-state index contributed by atoms with van der Waals surface area (Å²) in [7, 11) is 1.47. The Morgan fingerprint density at radius 3 is 2.23 bits per heavy atom. The standard InChI is InChI=1S/C21H24ClN3O5/c1-21(2,30-16-6-4-15(22)5-7-16)20(26)24-12-10-23(11-13-24)18-9-8-17(29-3)14-19(18)25(27)28/h4-9,14H,10-13H2,1-3H3. The van der Waals surface area contributed by atoms with Crippen LogP contribution in [0.5, 0.6) is 11.5 Å². The number of benzene rings is 2. The maximum atomic E-state index is 13.0. The molecule has 0 aliphatic carbocycles. The third-order valence-corrected chi connectivity index (χ3v) is 5.24. The van der Waals surface area contributed by atoms with Gasteiger partial charge in [-0.15, -0.1) is 0 Å². The number of hydrogen-bond acceptors (Lipinski definition) is 6. The first-order chi connectivity index (χ1) is 14.2. The molecule has 1 saturated heterocycles. The minimum absolute atomic E-state index is 0.0134. The number of nitrogens with zero attached hydrogens (tertiary/aromatic N) is 3. The minimum Gasteiger partial charge on any atom is -0.496 e. The molecule has 160 valence electrons. The van der Waals surface area contributed by atoms with Crippen LogP contribution in [0.4, 0.5) is 11.4 Å². The number of ether oxygens (including phenoxy) is 2. The number of methoxy groups -OCH3 is 1. The lowest BCUT2D eigenvalue weighted by molar-refractivity contribution is -0.384. The third kappa shape index (κ3) is 4.76. The number of carbonyl (C=O) groups excluding carboxylic acids is 1. The van der Waals surface area contributed by atoms with E-state index in [1.807, 2.05) is 4.90 Å². The number of nitro benzene ring substituents is 1. The molecule has 2 aromatic rings. The largest absolute Gasteiger partial charge is 0.496 e. The Balaban J connectivity index is 1.67. The lowest BCUT2D eigenvalue weighted by atomic mass is 10.1. The van der Waals surface area contributed by atoms with Gasteiger partial charge in [0, 0.05) is 31.2 Å². The Kier molecular flexibility index (Phi) is 6.36. The van der Waals surface area contributed by atoms with E-state index in [1.54, 1.807) is 55.1 Å². The van der Waals surface area contributed by atoms with Gasteiger partial charge in [0.25, 0.3) is 11.6 Å². The van der Waals surface area contributed by atoms with E-state index >= 15 is 0 Å². The molecule has 3 rings (SSSR count). The van der Waals surface area contributed by atoms with E-state index in [2.05, 4.69) is 0 Å². The fraction of sp³-hybridized carbons (Fsp3) is 0.381. The average Bonchev–Trinajstić information content (AvgIpc) is 2.74. The Morgan fingerprint density at radius 2 is 1.67 bits per heavy atom. The van der Waals surface area contributed by atoms with E-state index in [1.165, 1.54) is 13.2 Å². The van der Waals surface area contributed by atoms with Crippen molar-refractivity contribution in [3.63, 3.8) is 0 Å². The highest BCUT2D eigenvalue weighted by Gasteiger charge is 2.36. The quantitative estimate of drug-likeness (QED) is 0.509. The summed E-state index contributed by atoms with van der Waals surface area (Å²) in [6.45, 7) is 5.30. The number of hydrogen-bond donors (Lipinski definition) is 0. The molecule has 0 radical (unpaired) electrons. The van der Waals surface area contributed by atoms with Crippen molar-refractivity contribution in [1.29, 1.82) is 0 Å². The van der Waals surface area contributed by atoms with Gasteiger partial charge in [-0.05, 0) is 50.2 Å². The molecule has 8 nitrogen and oxygen atoms in total. The van der Waals surface area contributed by atoms with Gasteiger partial charge >= 0.3 is 0 Å². The number of anilines is 1. The van der Waals surface area contributed by atoms with Gasteiger partial charge in [0.15, 0.2) is 5.60 Å². The number of carbonyl (C=O) groups is 1. The molecule has 1 fully saturated rings. The summed E-state index contributed by atoms with van der Waals surface area (Å²) in [4.78, 5) is 27.7. The molecule has 2 aromatic carbocycles. The zero-order chi connectivity index (χ0) is 21.9. The van der Waals surface area contributed by atoms with Crippen molar-refractivity contribution in [2.24, 2.45) is 0 Å². The second-order valence-electron chi connectivity index (χ2n) is 7.46. The van der Waals surface area contributed by atoms with E-state index < -0.39 is 10.5 Å². The fourth-order valence-corrected chi connectivity index (χ4v) is 3.54. The van der Waals surface area contributed by atoms with Crippen molar-refractivity contribution in [1.82, 2.24) is 4.90 Å². The Morgan fingerprint density at radius 1 is 1.07 bits per heavy atom. The summed E-state index contributed by atoms with van der Waals surface area (Å²) < 4.78 is 11.0. The van der Waals surface area contributed by atoms with Crippen LogP contribution in [0.1, 0.15) is 13.8 Å². The van der Waals surface area contributed by atoms with Gasteiger partial charge in [0.1, 0.15) is 17.2 Å². The molecule has 0 aromatic heterocycles.